The number of imide groups is 1. The van der Waals surface area contributed by atoms with Crippen molar-refractivity contribution in [2.45, 2.75) is 6.42 Å². The molecule has 2 aromatic rings. The number of hydrogen-bond acceptors (Lipinski definition) is 6. The van der Waals surface area contributed by atoms with Gasteiger partial charge in [0.2, 0.25) is 0 Å². The molecule has 0 unspecified atom stereocenters. The van der Waals surface area contributed by atoms with E-state index >= 15 is 0 Å². The Hall–Kier alpha value is -3.22. The minimum Gasteiger partial charge on any atom is -0.504 e. The van der Waals surface area contributed by atoms with Crippen LogP contribution in [0.15, 0.2) is 30.3 Å². The van der Waals surface area contributed by atoms with Crippen LogP contribution in [0.25, 0.3) is 0 Å². The Labute approximate surface area is 150 Å². The van der Waals surface area contributed by atoms with E-state index in [1.165, 1.54) is 38.4 Å². The molecule has 0 fully saturated rings. The maximum absolute atomic E-state index is 12.9. The second-order valence-corrected chi connectivity index (χ2v) is 5.79. The molecular formula is C19H19NO6. The standard InChI is InChI=1S/C19H19NO6/c1-24-13-6-12(7-14(9-13)25-2)18(22)20-5-4-11-8-16(21)17(26-3)10-15(11)19(20)23/h6-10,21H,4-5H2,1-3H3. The third-order valence-electron chi connectivity index (χ3n) is 4.33. The van der Waals surface area contributed by atoms with Crippen LogP contribution >= 0.6 is 0 Å². The number of methoxy groups -OCH3 is 3. The summed E-state index contributed by atoms with van der Waals surface area (Å²) in [7, 11) is 4.38. The Morgan fingerprint density at radius 2 is 1.65 bits per heavy atom. The molecule has 0 aliphatic carbocycles. The summed E-state index contributed by atoms with van der Waals surface area (Å²) in [6, 6.07) is 7.73. The molecule has 7 nitrogen and oxygen atoms in total. The van der Waals surface area contributed by atoms with Crippen molar-refractivity contribution in [3.8, 4) is 23.0 Å². The van der Waals surface area contributed by atoms with Gasteiger partial charge in [0.25, 0.3) is 11.8 Å². The summed E-state index contributed by atoms with van der Waals surface area (Å²) >= 11 is 0. The summed E-state index contributed by atoms with van der Waals surface area (Å²) in [5.41, 5.74) is 1.32. The molecule has 1 heterocycles. The predicted octanol–water partition coefficient (Wildman–Crippen LogP) is 2.26. The van der Waals surface area contributed by atoms with E-state index in [-0.39, 0.29) is 18.0 Å². The maximum Gasteiger partial charge on any atom is 0.261 e. The van der Waals surface area contributed by atoms with Crippen LogP contribution in [-0.4, -0.2) is 49.7 Å². The summed E-state index contributed by atoms with van der Waals surface area (Å²) in [5, 5.41) is 9.88. The number of aromatic hydroxyl groups is 1. The van der Waals surface area contributed by atoms with Crippen LogP contribution in [0.3, 0.4) is 0 Å². The van der Waals surface area contributed by atoms with Crippen LogP contribution in [0.2, 0.25) is 0 Å². The molecule has 2 aromatic carbocycles. The minimum atomic E-state index is -0.440. The van der Waals surface area contributed by atoms with Gasteiger partial charge < -0.3 is 19.3 Å². The van der Waals surface area contributed by atoms with Gasteiger partial charge in [0.15, 0.2) is 11.5 Å². The lowest BCUT2D eigenvalue weighted by atomic mass is 9.97. The lowest BCUT2D eigenvalue weighted by Gasteiger charge is -2.27. The topological polar surface area (TPSA) is 85.3 Å². The molecule has 0 saturated carbocycles. The zero-order chi connectivity index (χ0) is 18.8. The number of phenolic OH excluding ortho intramolecular Hbond substituents is 1. The third kappa shape index (κ3) is 3.03. The fourth-order valence-corrected chi connectivity index (χ4v) is 2.94. The molecule has 0 spiro atoms. The highest BCUT2D eigenvalue weighted by molar-refractivity contribution is 6.12. The first-order valence-corrected chi connectivity index (χ1v) is 7.97. The number of fused-ring (bicyclic) bond motifs is 1. The van der Waals surface area contributed by atoms with Crippen LogP contribution in [0.1, 0.15) is 26.3 Å². The molecule has 1 aliphatic rings. The number of nitrogens with zero attached hydrogens (tertiary/aromatic N) is 1. The summed E-state index contributed by atoms with van der Waals surface area (Å²) in [5.74, 6) is 0.209. The SMILES string of the molecule is COc1cc(OC)cc(C(=O)N2CCc3cc(O)c(OC)cc3C2=O)c1. The van der Waals surface area contributed by atoms with Gasteiger partial charge in [-0.15, -0.1) is 0 Å². The molecule has 0 bridgehead atoms. The number of rotatable bonds is 4. The number of hydrogen-bond donors (Lipinski definition) is 1. The van der Waals surface area contributed by atoms with Crippen LogP contribution < -0.4 is 14.2 Å². The molecule has 0 saturated heterocycles. The van der Waals surface area contributed by atoms with Gasteiger partial charge in [-0.25, -0.2) is 0 Å². The molecule has 1 aliphatic heterocycles. The highest BCUT2D eigenvalue weighted by atomic mass is 16.5. The van der Waals surface area contributed by atoms with E-state index in [0.717, 1.165) is 0 Å². The number of benzene rings is 2. The fraction of sp³-hybridized carbons (Fsp3) is 0.263. The number of ether oxygens (including phenoxy) is 3. The number of amides is 2. The van der Waals surface area contributed by atoms with E-state index in [2.05, 4.69) is 0 Å². The van der Waals surface area contributed by atoms with Gasteiger partial charge in [-0.1, -0.05) is 0 Å². The number of phenols is 1. The monoisotopic (exact) mass is 357 g/mol. The quantitative estimate of drug-likeness (QED) is 0.845. The van der Waals surface area contributed by atoms with E-state index in [1.54, 1.807) is 18.2 Å². The molecule has 1 N–H and O–H groups in total. The van der Waals surface area contributed by atoms with Gasteiger partial charge in [-0.3, -0.25) is 14.5 Å². The molecule has 0 atom stereocenters. The molecule has 7 heteroatoms. The van der Waals surface area contributed by atoms with Gasteiger partial charge in [0, 0.05) is 23.7 Å². The normalized spacial score (nSPS) is 13.2. The highest BCUT2D eigenvalue weighted by Gasteiger charge is 2.31. The van der Waals surface area contributed by atoms with Crippen molar-refractivity contribution in [2.24, 2.45) is 0 Å². The van der Waals surface area contributed by atoms with Crippen molar-refractivity contribution in [1.29, 1.82) is 0 Å². The van der Waals surface area contributed by atoms with Crippen molar-refractivity contribution in [1.82, 2.24) is 4.90 Å². The van der Waals surface area contributed by atoms with Crippen molar-refractivity contribution < 1.29 is 28.9 Å². The molecular weight excluding hydrogens is 338 g/mol. The zero-order valence-corrected chi connectivity index (χ0v) is 14.7. The van der Waals surface area contributed by atoms with Gasteiger partial charge in [-0.2, -0.15) is 0 Å². The average molecular weight is 357 g/mol. The molecule has 0 radical (unpaired) electrons. The molecule has 0 aromatic heterocycles. The Bertz CT molecular complexity index is 854. The van der Waals surface area contributed by atoms with Crippen LogP contribution in [0.4, 0.5) is 0 Å². The molecule has 26 heavy (non-hydrogen) atoms. The van der Waals surface area contributed by atoms with Gasteiger partial charge in [0.05, 0.1) is 21.3 Å². The molecule has 3 rings (SSSR count). The lowest BCUT2D eigenvalue weighted by Crippen LogP contribution is -2.42. The summed E-state index contributed by atoms with van der Waals surface area (Å²) in [6.45, 7) is 0.218. The Morgan fingerprint density at radius 1 is 1.00 bits per heavy atom. The largest absolute Gasteiger partial charge is 0.504 e. The highest BCUT2D eigenvalue weighted by Crippen LogP contribution is 2.33. The smallest absolute Gasteiger partial charge is 0.261 e. The Morgan fingerprint density at radius 3 is 2.23 bits per heavy atom. The first kappa shape index (κ1) is 17.6. The van der Waals surface area contributed by atoms with E-state index in [9.17, 15) is 14.7 Å². The van der Waals surface area contributed by atoms with Crippen molar-refractivity contribution >= 4 is 11.8 Å². The average Bonchev–Trinajstić information content (AvgIpc) is 2.66. The van der Waals surface area contributed by atoms with Gasteiger partial charge >= 0.3 is 0 Å². The van der Waals surface area contributed by atoms with Crippen molar-refractivity contribution in [3.05, 3.63) is 47.0 Å². The first-order chi connectivity index (χ1) is 12.5. The van der Waals surface area contributed by atoms with Gasteiger partial charge in [-0.05, 0) is 36.2 Å². The van der Waals surface area contributed by atoms with Crippen molar-refractivity contribution in [3.63, 3.8) is 0 Å². The zero-order valence-electron chi connectivity index (χ0n) is 14.7. The Kier molecular flexibility index (Phi) is 4.71. The van der Waals surface area contributed by atoms with E-state index in [1.807, 2.05) is 0 Å². The van der Waals surface area contributed by atoms with Crippen LogP contribution in [0, 0.1) is 0 Å². The lowest BCUT2D eigenvalue weighted by molar-refractivity contribution is 0.0604. The third-order valence-corrected chi connectivity index (χ3v) is 4.33. The second kappa shape index (κ2) is 6.95. The number of carbonyl (C=O) groups excluding carboxylic acids is 2. The number of carbonyl (C=O) groups is 2. The van der Waals surface area contributed by atoms with Crippen LogP contribution in [-0.2, 0) is 6.42 Å². The summed E-state index contributed by atoms with van der Waals surface area (Å²) in [4.78, 5) is 26.9. The van der Waals surface area contributed by atoms with E-state index < -0.39 is 11.8 Å². The minimum absolute atomic E-state index is 0.0311. The summed E-state index contributed by atoms with van der Waals surface area (Å²) in [6.07, 6.45) is 0.450. The van der Waals surface area contributed by atoms with Crippen molar-refractivity contribution in [2.75, 3.05) is 27.9 Å². The maximum atomic E-state index is 12.9. The fourth-order valence-electron chi connectivity index (χ4n) is 2.94. The van der Waals surface area contributed by atoms with Gasteiger partial charge in [0.1, 0.15) is 11.5 Å². The first-order valence-electron chi connectivity index (χ1n) is 7.97. The summed E-state index contributed by atoms with van der Waals surface area (Å²) < 4.78 is 15.4. The predicted molar refractivity (Wildman–Crippen MR) is 93.3 cm³/mol. The van der Waals surface area contributed by atoms with Crippen LogP contribution in [0.5, 0.6) is 23.0 Å². The van der Waals surface area contributed by atoms with E-state index in [0.29, 0.717) is 34.6 Å². The Balaban J connectivity index is 1.96. The second-order valence-electron chi connectivity index (χ2n) is 5.79. The molecule has 2 amide bonds. The molecule has 136 valence electrons. The van der Waals surface area contributed by atoms with E-state index in [4.69, 9.17) is 14.2 Å².